The highest BCUT2D eigenvalue weighted by Gasteiger charge is 2.32. The Balaban J connectivity index is 4.86. The lowest BCUT2D eigenvalue weighted by Crippen LogP contribution is -2.47. The lowest BCUT2D eigenvalue weighted by molar-refractivity contribution is 0.147. The van der Waals surface area contributed by atoms with Gasteiger partial charge in [-0.1, -0.05) is 20.3 Å². The van der Waals surface area contributed by atoms with Gasteiger partial charge in [0.1, 0.15) is 0 Å². The Labute approximate surface area is 126 Å². The minimum absolute atomic E-state index is 0.343. The lowest BCUT2D eigenvalue weighted by Gasteiger charge is -2.38. The first-order valence-electron chi connectivity index (χ1n) is 7.63. The molecule has 1 atom stereocenters. The van der Waals surface area contributed by atoms with E-state index in [2.05, 4.69) is 32.6 Å². The van der Waals surface area contributed by atoms with Crippen LogP contribution in [0.1, 0.15) is 54.4 Å². The Morgan fingerprint density at radius 1 is 1.15 bits per heavy atom. The van der Waals surface area contributed by atoms with Gasteiger partial charge < -0.3 is 4.90 Å². The smallest absolute Gasteiger partial charge is 0.211 e. The molecular weight excluding hydrogens is 272 g/mol. The van der Waals surface area contributed by atoms with Crippen molar-refractivity contribution < 1.29 is 8.42 Å². The standard InChI is InChI=1S/C15H34N2O2S/c1-9-14(12-17(10-2)13(3)4)11-15(5,6)16(7)20(8,18)19/h13-14H,9-12H2,1-8H3. The molecule has 0 rings (SSSR count). The van der Waals surface area contributed by atoms with E-state index < -0.39 is 10.0 Å². The maximum atomic E-state index is 11.7. The zero-order chi connectivity index (χ0) is 16.1. The molecule has 122 valence electrons. The molecule has 0 aromatic carbocycles. The Kier molecular flexibility index (Phi) is 7.71. The highest BCUT2D eigenvalue weighted by molar-refractivity contribution is 7.88. The van der Waals surface area contributed by atoms with E-state index >= 15 is 0 Å². The summed E-state index contributed by atoms with van der Waals surface area (Å²) in [6.07, 6.45) is 3.24. The molecule has 5 heteroatoms. The molecule has 4 nitrogen and oxygen atoms in total. The summed E-state index contributed by atoms with van der Waals surface area (Å²) >= 11 is 0. The van der Waals surface area contributed by atoms with Crippen LogP contribution >= 0.6 is 0 Å². The van der Waals surface area contributed by atoms with Crippen LogP contribution in [0.5, 0.6) is 0 Å². The highest BCUT2D eigenvalue weighted by Crippen LogP contribution is 2.27. The minimum atomic E-state index is -3.14. The van der Waals surface area contributed by atoms with Crippen LogP contribution in [-0.2, 0) is 10.0 Å². The van der Waals surface area contributed by atoms with Gasteiger partial charge in [0.25, 0.3) is 0 Å². The van der Waals surface area contributed by atoms with Gasteiger partial charge in [0.2, 0.25) is 10.0 Å². The molecule has 0 spiro atoms. The Morgan fingerprint density at radius 3 is 1.95 bits per heavy atom. The number of hydrogen-bond acceptors (Lipinski definition) is 3. The number of rotatable bonds is 9. The first kappa shape index (κ1) is 19.9. The predicted molar refractivity (Wildman–Crippen MR) is 87.5 cm³/mol. The number of sulfonamides is 1. The zero-order valence-electron chi connectivity index (χ0n) is 14.6. The predicted octanol–water partition coefficient (Wildman–Crippen LogP) is 2.80. The maximum Gasteiger partial charge on any atom is 0.211 e. The first-order chi connectivity index (χ1) is 8.95. The van der Waals surface area contributed by atoms with Gasteiger partial charge >= 0.3 is 0 Å². The maximum absolute atomic E-state index is 11.7. The van der Waals surface area contributed by atoms with Crippen LogP contribution in [0, 0.1) is 5.92 Å². The summed E-state index contributed by atoms with van der Waals surface area (Å²) in [5, 5.41) is 0. The zero-order valence-corrected chi connectivity index (χ0v) is 15.4. The van der Waals surface area contributed by atoms with Crippen molar-refractivity contribution in [1.82, 2.24) is 9.21 Å². The summed E-state index contributed by atoms with van der Waals surface area (Å²) in [7, 11) is -1.46. The van der Waals surface area contributed by atoms with Gasteiger partial charge in [0, 0.05) is 25.2 Å². The fraction of sp³-hybridized carbons (Fsp3) is 1.00. The second kappa shape index (κ2) is 7.76. The van der Waals surface area contributed by atoms with E-state index in [1.807, 2.05) is 13.8 Å². The fourth-order valence-electron chi connectivity index (χ4n) is 2.66. The molecule has 0 radical (unpaired) electrons. The topological polar surface area (TPSA) is 40.6 Å². The molecule has 0 amide bonds. The summed E-state index contributed by atoms with van der Waals surface area (Å²) in [6.45, 7) is 14.9. The fourth-order valence-corrected chi connectivity index (χ4v) is 3.63. The van der Waals surface area contributed by atoms with Crippen LogP contribution < -0.4 is 0 Å². The second-order valence-corrected chi connectivity index (χ2v) is 8.72. The van der Waals surface area contributed by atoms with Crippen molar-refractivity contribution in [3.8, 4) is 0 Å². The van der Waals surface area contributed by atoms with Gasteiger partial charge in [-0.3, -0.25) is 0 Å². The minimum Gasteiger partial charge on any atom is -0.301 e. The molecule has 0 aliphatic carbocycles. The monoisotopic (exact) mass is 306 g/mol. The Morgan fingerprint density at radius 2 is 1.65 bits per heavy atom. The van der Waals surface area contributed by atoms with E-state index in [-0.39, 0.29) is 5.54 Å². The van der Waals surface area contributed by atoms with E-state index in [9.17, 15) is 8.42 Å². The van der Waals surface area contributed by atoms with E-state index in [0.717, 1.165) is 25.9 Å². The quantitative estimate of drug-likeness (QED) is 0.658. The van der Waals surface area contributed by atoms with E-state index in [1.54, 1.807) is 7.05 Å². The molecular formula is C15H34N2O2S. The molecule has 0 saturated heterocycles. The van der Waals surface area contributed by atoms with E-state index in [4.69, 9.17) is 0 Å². The average Bonchev–Trinajstić information content (AvgIpc) is 2.31. The lowest BCUT2D eigenvalue weighted by atomic mass is 9.88. The SMILES string of the molecule is CCC(CN(CC)C(C)C)CC(C)(C)N(C)S(C)(=O)=O. The van der Waals surface area contributed by atoms with Crippen LogP contribution in [-0.4, -0.2) is 55.6 Å². The van der Waals surface area contributed by atoms with Crippen molar-refractivity contribution in [1.29, 1.82) is 0 Å². The largest absolute Gasteiger partial charge is 0.301 e. The van der Waals surface area contributed by atoms with Crippen LogP contribution in [0.4, 0.5) is 0 Å². The summed E-state index contributed by atoms with van der Waals surface area (Å²) in [4.78, 5) is 2.45. The molecule has 1 unspecified atom stereocenters. The van der Waals surface area contributed by atoms with Crippen molar-refractivity contribution in [2.75, 3.05) is 26.4 Å². The molecule has 0 aromatic heterocycles. The van der Waals surface area contributed by atoms with Gasteiger partial charge in [0.05, 0.1) is 6.26 Å². The van der Waals surface area contributed by atoms with Crippen molar-refractivity contribution in [3.63, 3.8) is 0 Å². The summed E-state index contributed by atoms with van der Waals surface area (Å²) in [6, 6.07) is 0.532. The highest BCUT2D eigenvalue weighted by atomic mass is 32.2. The van der Waals surface area contributed by atoms with Crippen LogP contribution in [0.3, 0.4) is 0 Å². The van der Waals surface area contributed by atoms with Crippen molar-refractivity contribution >= 4 is 10.0 Å². The molecule has 0 saturated carbocycles. The third kappa shape index (κ3) is 6.10. The molecule has 0 heterocycles. The number of nitrogens with zero attached hydrogens (tertiary/aromatic N) is 2. The molecule has 0 fully saturated rings. The van der Waals surface area contributed by atoms with Crippen LogP contribution in [0.2, 0.25) is 0 Å². The van der Waals surface area contributed by atoms with E-state index in [1.165, 1.54) is 10.6 Å². The second-order valence-electron chi connectivity index (χ2n) is 6.70. The molecule has 0 aromatic rings. The van der Waals surface area contributed by atoms with Gasteiger partial charge in [-0.15, -0.1) is 0 Å². The third-order valence-electron chi connectivity index (χ3n) is 4.34. The van der Waals surface area contributed by atoms with Crippen molar-refractivity contribution in [2.24, 2.45) is 5.92 Å². The molecule has 20 heavy (non-hydrogen) atoms. The van der Waals surface area contributed by atoms with Gasteiger partial charge in [-0.2, -0.15) is 4.31 Å². The average molecular weight is 307 g/mol. The third-order valence-corrected chi connectivity index (χ3v) is 5.83. The normalized spacial score (nSPS) is 15.3. The van der Waals surface area contributed by atoms with Crippen LogP contribution in [0.15, 0.2) is 0 Å². The molecule has 0 bridgehead atoms. The first-order valence-corrected chi connectivity index (χ1v) is 9.48. The Hall–Kier alpha value is -0.130. The molecule has 0 N–H and O–H groups in total. The van der Waals surface area contributed by atoms with Gasteiger partial charge in [-0.05, 0) is 46.6 Å². The Bertz CT molecular complexity index is 377. The number of hydrogen-bond donors (Lipinski definition) is 0. The van der Waals surface area contributed by atoms with Crippen molar-refractivity contribution in [2.45, 2.75) is 66.0 Å². The van der Waals surface area contributed by atoms with E-state index in [0.29, 0.717) is 12.0 Å². The van der Waals surface area contributed by atoms with Gasteiger partial charge in [0.15, 0.2) is 0 Å². The van der Waals surface area contributed by atoms with Gasteiger partial charge in [-0.25, -0.2) is 8.42 Å². The summed E-state index contributed by atoms with van der Waals surface area (Å²) < 4.78 is 25.0. The van der Waals surface area contributed by atoms with Crippen LogP contribution in [0.25, 0.3) is 0 Å². The summed E-state index contributed by atoms with van der Waals surface area (Å²) in [5.74, 6) is 0.511. The molecule has 0 aliphatic rings. The summed E-state index contributed by atoms with van der Waals surface area (Å²) in [5.41, 5.74) is -0.343. The van der Waals surface area contributed by atoms with Crippen molar-refractivity contribution in [3.05, 3.63) is 0 Å². The molecule has 0 aliphatic heterocycles.